The Bertz CT molecular complexity index is 828. The smallest absolute Gasteiger partial charge is 0.254 e. The molecule has 3 rings (SSSR count). The summed E-state index contributed by atoms with van der Waals surface area (Å²) in [6.07, 6.45) is -0.309. The third kappa shape index (κ3) is 4.29. The number of morpholine rings is 1. The molecule has 1 aliphatic rings. The highest BCUT2D eigenvalue weighted by molar-refractivity contribution is 6.34. The molecule has 0 aliphatic carbocycles. The molecule has 0 aromatic heterocycles. The minimum atomic E-state index is -0.309. The van der Waals surface area contributed by atoms with E-state index in [1.54, 1.807) is 35.2 Å². The van der Waals surface area contributed by atoms with Crippen LogP contribution in [0.1, 0.15) is 22.0 Å². The fraction of sp³-hybridized carbons (Fsp3) is 0.350. The Labute approximate surface area is 173 Å². The minimum absolute atomic E-state index is 0.152. The van der Waals surface area contributed by atoms with E-state index in [0.717, 1.165) is 5.56 Å². The Morgan fingerprint density at radius 1 is 1.00 bits per heavy atom. The fourth-order valence-electron chi connectivity index (χ4n) is 3.18. The Morgan fingerprint density at radius 2 is 1.61 bits per heavy atom. The zero-order chi connectivity index (χ0) is 20.3. The molecule has 8 heteroatoms. The van der Waals surface area contributed by atoms with Crippen molar-refractivity contribution in [1.82, 2.24) is 4.90 Å². The van der Waals surface area contributed by atoms with Crippen LogP contribution in [0.5, 0.6) is 17.2 Å². The van der Waals surface area contributed by atoms with Crippen molar-refractivity contribution in [2.75, 3.05) is 41.0 Å². The molecule has 0 bridgehead atoms. The van der Waals surface area contributed by atoms with Gasteiger partial charge in [-0.15, -0.1) is 0 Å². The van der Waals surface area contributed by atoms with Crippen LogP contribution in [-0.2, 0) is 4.74 Å². The van der Waals surface area contributed by atoms with Gasteiger partial charge in [0.15, 0.2) is 11.5 Å². The summed E-state index contributed by atoms with van der Waals surface area (Å²) in [5.74, 6) is 1.14. The monoisotopic (exact) mass is 425 g/mol. The molecule has 2 aromatic rings. The first-order valence-electron chi connectivity index (χ1n) is 8.63. The standard InChI is InChI=1S/C20H21Cl2NO5/c1-25-16-8-13(9-17(26-2)19(16)27-3)20(24)23-4-5-28-18(11-23)12-6-14(21)10-15(22)7-12/h6-10,18H,4-5,11H2,1-3H3. The van der Waals surface area contributed by atoms with E-state index in [0.29, 0.717) is 52.6 Å². The van der Waals surface area contributed by atoms with E-state index in [1.807, 2.05) is 0 Å². The first-order valence-corrected chi connectivity index (χ1v) is 9.39. The lowest BCUT2D eigenvalue weighted by Gasteiger charge is -2.33. The van der Waals surface area contributed by atoms with Crippen LogP contribution < -0.4 is 14.2 Å². The first kappa shape index (κ1) is 20.6. The van der Waals surface area contributed by atoms with Gasteiger partial charge in [-0.05, 0) is 35.9 Å². The second-order valence-corrected chi connectivity index (χ2v) is 7.10. The summed E-state index contributed by atoms with van der Waals surface area (Å²) in [6.45, 7) is 1.26. The molecule has 28 heavy (non-hydrogen) atoms. The van der Waals surface area contributed by atoms with Crippen molar-refractivity contribution < 1.29 is 23.7 Å². The maximum absolute atomic E-state index is 13.1. The highest BCUT2D eigenvalue weighted by Crippen LogP contribution is 2.39. The predicted molar refractivity (Wildman–Crippen MR) is 107 cm³/mol. The Kier molecular flexibility index (Phi) is 6.54. The van der Waals surface area contributed by atoms with E-state index in [-0.39, 0.29) is 12.0 Å². The van der Waals surface area contributed by atoms with Crippen molar-refractivity contribution in [2.45, 2.75) is 6.10 Å². The molecule has 0 saturated carbocycles. The van der Waals surface area contributed by atoms with E-state index < -0.39 is 0 Å². The lowest BCUT2D eigenvalue weighted by atomic mass is 10.1. The second-order valence-electron chi connectivity index (χ2n) is 6.23. The maximum Gasteiger partial charge on any atom is 0.254 e. The van der Waals surface area contributed by atoms with E-state index in [9.17, 15) is 4.79 Å². The van der Waals surface area contributed by atoms with Crippen LogP contribution in [0.4, 0.5) is 0 Å². The number of benzene rings is 2. The second kappa shape index (κ2) is 8.90. The van der Waals surface area contributed by atoms with Crippen LogP contribution in [0.15, 0.2) is 30.3 Å². The van der Waals surface area contributed by atoms with Gasteiger partial charge in [0.1, 0.15) is 6.10 Å². The zero-order valence-electron chi connectivity index (χ0n) is 15.8. The number of nitrogens with zero attached hydrogens (tertiary/aromatic N) is 1. The average molecular weight is 426 g/mol. The number of halogens is 2. The van der Waals surface area contributed by atoms with Crippen molar-refractivity contribution >= 4 is 29.1 Å². The number of rotatable bonds is 5. The van der Waals surface area contributed by atoms with Crippen LogP contribution >= 0.6 is 23.2 Å². The van der Waals surface area contributed by atoms with Crippen molar-refractivity contribution in [3.05, 3.63) is 51.5 Å². The van der Waals surface area contributed by atoms with Crippen molar-refractivity contribution in [1.29, 1.82) is 0 Å². The van der Waals surface area contributed by atoms with Gasteiger partial charge >= 0.3 is 0 Å². The topological polar surface area (TPSA) is 57.2 Å². The summed E-state index contributed by atoms with van der Waals surface area (Å²) in [5, 5.41) is 1.05. The van der Waals surface area contributed by atoms with E-state index >= 15 is 0 Å². The van der Waals surface area contributed by atoms with Crippen molar-refractivity contribution in [2.24, 2.45) is 0 Å². The van der Waals surface area contributed by atoms with Crippen molar-refractivity contribution in [3.63, 3.8) is 0 Å². The average Bonchev–Trinajstić information content (AvgIpc) is 2.71. The van der Waals surface area contributed by atoms with Crippen LogP contribution in [-0.4, -0.2) is 51.8 Å². The highest BCUT2D eigenvalue weighted by atomic mass is 35.5. The Morgan fingerprint density at radius 3 is 2.14 bits per heavy atom. The quantitative estimate of drug-likeness (QED) is 0.716. The third-order valence-corrected chi connectivity index (χ3v) is 4.96. The lowest BCUT2D eigenvalue weighted by molar-refractivity contribution is -0.0228. The molecule has 1 unspecified atom stereocenters. The fourth-order valence-corrected chi connectivity index (χ4v) is 3.73. The van der Waals surface area contributed by atoms with Gasteiger partial charge in [-0.3, -0.25) is 4.79 Å². The molecular weight excluding hydrogens is 405 g/mol. The summed E-state index contributed by atoms with van der Waals surface area (Å²) in [6, 6.07) is 8.54. The first-order chi connectivity index (χ1) is 13.5. The molecule has 1 amide bonds. The molecular formula is C20H21Cl2NO5. The number of hydrogen-bond donors (Lipinski definition) is 0. The van der Waals surface area contributed by atoms with Crippen LogP contribution in [0.2, 0.25) is 10.0 Å². The van der Waals surface area contributed by atoms with Crippen molar-refractivity contribution in [3.8, 4) is 17.2 Å². The molecule has 2 aromatic carbocycles. The number of hydrogen-bond acceptors (Lipinski definition) is 5. The number of methoxy groups -OCH3 is 3. The van der Waals surface area contributed by atoms with Crippen LogP contribution in [0.25, 0.3) is 0 Å². The maximum atomic E-state index is 13.1. The number of carbonyl (C=O) groups excluding carboxylic acids is 1. The SMILES string of the molecule is COc1cc(C(=O)N2CCOC(c3cc(Cl)cc(Cl)c3)C2)cc(OC)c1OC. The summed E-state index contributed by atoms with van der Waals surface area (Å²) in [7, 11) is 4.54. The number of ether oxygens (including phenoxy) is 4. The van der Waals surface area contributed by atoms with Gasteiger partial charge in [-0.1, -0.05) is 23.2 Å². The van der Waals surface area contributed by atoms with Gasteiger partial charge < -0.3 is 23.8 Å². The molecule has 0 radical (unpaired) electrons. The van der Waals surface area contributed by atoms with Gasteiger partial charge in [0, 0.05) is 22.2 Å². The molecule has 1 fully saturated rings. The minimum Gasteiger partial charge on any atom is -0.493 e. The molecule has 1 heterocycles. The Hall–Kier alpha value is -2.15. The Balaban J connectivity index is 1.86. The normalized spacial score (nSPS) is 16.6. The molecule has 1 atom stereocenters. The third-order valence-electron chi connectivity index (χ3n) is 4.52. The summed E-state index contributed by atoms with van der Waals surface area (Å²) in [5.41, 5.74) is 1.28. The molecule has 6 nitrogen and oxygen atoms in total. The van der Waals surface area contributed by atoms with Gasteiger partial charge in [0.05, 0.1) is 34.5 Å². The van der Waals surface area contributed by atoms with E-state index in [1.165, 1.54) is 21.3 Å². The van der Waals surface area contributed by atoms with E-state index in [2.05, 4.69) is 0 Å². The van der Waals surface area contributed by atoms with Crippen LogP contribution in [0, 0.1) is 0 Å². The highest BCUT2D eigenvalue weighted by Gasteiger charge is 2.28. The van der Waals surface area contributed by atoms with Gasteiger partial charge in [-0.25, -0.2) is 0 Å². The molecule has 0 spiro atoms. The number of amides is 1. The number of carbonyl (C=O) groups is 1. The molecule has 1 saturated heterocycles. The molecule has 150 valence electrons. The molecule has 0 N–H and O–H groups in total. The van der Waals surface area contributed by atoms with E-state index in [4.69, 9.17) is 42.1 Å². The lowest BCUT2D eigenvalue weighted by Crippen LogP contribution is -2.42. The largest absolute Gasteiger partial charge is 0.493 e. The van der Waals surface area contributed by atoms with Gasteiger partial charge in [-0.2, -0.15) is 0 Å². The predicted octanol–water partition coefficient (Wildman–Crippen LogP) is 4.23. The summed E-state index contributed by atoms with van der Waals surface area (Å²) >= 11 is 12.2. The van der Waals surface area contributed by atoms with Crippen LogP contribution in [0.3, 0.4) is 0 Å². The molecule has 1 aliphatic heterocycles. The van der Waals surface area contributed by atoms with Gasteiger partial charge in [0.2, 0.25) is 5.75 Å². The summed E-state index contributed by atoms with van der Waals surface area (Å²) in [4.78, 5) is 14.8. The zero-order valence-corrected chi connectivity index (χ0v) is 17.3. The van der Waals surface area contributed by atoms with Gasteiger partial charge in [0.25, 0.3) is 5.91 Å². The summed E-state index contributed by atoms with van der Waals surface area (Å²) < 4.78 is 21.8.